The van der Waals surface area contributed by atoms with Gasteiger partial charge in [-0.25, -0.2) is 0 Å². The first-order chi connectivity index (χ1) is 10.9. The van der Waals surface area contributed by atoms with Gasteiger partial charge in [0.05, 0.1) is 29.7 Å². The lowest BCUT2D eigenvalue weighted by atomic mass is 9.61. The molecule has 1 aliphatic carbocycles. The van der Waals surface area contributed by atoms with E-state index >= 15 is 0 Å². The molecule has 3 heterocycles. The summed E-state index contributed by atoms with van der Waals surface area (Å²) in [6.45, 7) is 4.49. The average molecular weight is 378 g/mol. The highest BCUT2D eigenvalue weighted by molar-refractivity contribution is 9.10. The van der Waals surface area contributed by atoms with Crippen molar-refractivity contribution in [3.63, 3.8) is 0 Å². The van der Waals surface area contributed by atoms with E-state index in [4.69, 9.17) is 9.47 Å². The molecule has 0 radical (unpaired) electrons. The molecule has 120 valence electrons. The number of cyclic esters (lactones) is 1. The molecule has 5 rings (SSSR count). The van der Waals surface area contributed by atoms with Gasteiger partial charge in [0.15, 0.2) is 0 Å². The fraction of sp³-hybridized carbons (Fsp3) is 0.529. The summed E-state index contributed by atoms with van der Waals surface area (Å²) in [5.74, 6) is -0.220. The molecule has 6 atom stereocenters. The molecule has 3 fully saturated rings. The highest BCUT2D eigenvalue weighted by atomic mass is 79.9. The minimum absolute atomic E-state index is 0.0269. The van der Waals surface area contributed by atoms with Crippen molar-refractivity contribution in [2.24, 2.45) is 23.7 Å². The van der Waals surface area contributed by atoms with Crippen molar-refractivity contribution in [1.82, 2.24) is 0 Å². The molecule has 3 aliphatic heterocycles. The summed E-state index contributed by atoms with van der Waals surface area (Å²) in [6.07, 6.45) is -0.217. The van der Waals surface area contributed by atoms with Crippen LogP contribution in [0.15, 0.2) is 22.7 Å². The van der Waals surface area contributed by atoms with E-state index in [1.165, 1.54) is 0 Å². The number of hydrogen-bond donors (Lipinski definition) is 0. The zero-order valence-corrected chi connectivity index (χ0v) is 14.4. The molecule has 5 nitrogen and oxygen atoms in total. The molecule has 0 N–H and O–H groups in total. The Bertz CT molecular complexity index is 765. The number of rotatable bonds is 0. The van der Waals surface area contributed by atoms with Crippen molar-refractivity contribution in [3.05, 3.63) is 22.7 Å². The van der Waals surface area contributed by atoms with Crippen molar-refractivity contribution >= 4 is 33.5 Å². The Hall–Kier alpha value is -1.56. The van der Waals surface area contributed by atoms with Crippen LogP contribution in [0.25, 0.3) is 0 Å². The maximum absolute atomic E-state index is 13.2. The van der Waals surface area contributed by atoms with Gasteiger partial charge in [0, 0.05) is 10.4 Å². The Kier molecular flexibility index (Phi) is 2.46. The summed E-state index contributed by atoms with van der Waals surface area (Å²) < 4.78 is 12.5. The minimum atomic E-state index is -0.440. The number of ether oxygens (including phenoxy) is 2. The summed E-state index contributed by atoms with van der Waals surface area (Å²) in [6, 6.07) is 5.72. The van der Waals surface area contributed by atoms with Crippen LogP contribution in [0, 0.1) is 23.7 Å². The largest absolute Gasteiger partial charge is 0.485 e. The van der Waals surface area contributed by atoms with Gasteiger partial charge in [0.1, 0.15) is 11.9 Å². The van der Waals surface area contributed by atoms with Gasteiger partial charge in [-0.3, -0.25) is 14.5 Å². The predicted molar refractivity (Wildman–Crippen MR) is 85.0 cm³/mol. The molecule has 2 saturated heterocycles. The minimum Gasteiger partial charge on any atom is -0.485 e. The van der Waals surface area contributed by atoms with E-state index in [0.29, 0.717) is 12.4 Å². The van der Waals surface area contributed by atoms with E-state index in [2.05, 4.69) is 29.8 Å². The molecule has 6 heteroatoms. The number of halogens is 1. The molecular weight excluding hydrogens is 362 g/mol. The second-order valence-electron chi connectivity index (χ2n) is 7.18. The highest BCUT2D eigenvalue weighted by Crippen LogP contribution is 2.61. The topological polar surface area (TPSA) is 55.8 Å². The fourth-order valence-electron chi connectivity index (χ4n) is 5.18. The van der Waals surface area contributed by atoms with Crippen LogP contribution in [-0.4, -0.2) is 30.1 Å². The first-order valence-corrected chi connectivity index (χ1v) is 8.71. The van der Waals surface area contributed by atoms with E-state index in [1.54, 1.807) is 0 Å². The number of fused-ring (bicyclic) bond motifs is 6. The zero-order chi connectivity index (χ0) is 16.1. The van der Waals surface area contributed by atoms with Crippen LogP contribution in [-0.2, 0) is 14.3 Å². The number of carbonyl (C=O) groups excluding carboxylic acids is 2. The van der Waals surface area contributed by atoms with Gasteiger partial charge >= 0.3 is 5.97 Å². The first-order valence-electron chi connectivity index (χ1n) is 7.91. The van der Waals surface area contributed by atoms with Crippen LogP contribution < -0.4 is 9.64 Å². The number of carbonyl (C=O) groups is 2. The highest BCUT2D eigenvalue weighted by Gasteiger charge is 2.72. The number of esters is 1. The third-order valence-electron chi connectivity index (χ3n) is 6.37. The molecule has 1 aromatic rings. The number of amides is 1. The van der Waals surface area contributed by atoms with Crippen molar-refractivity contribution in [1.29, 1.82) is 0 Å². The lowest BCUT2D eigenvalue weighted by molar-refractivity contribution is -0.146. The second-order valence-corrected chi connectivity index (χ2v) is 8.10. The van der Waals surface area contributed by atoms with Gasteiger partial charge in [-0.05, 0) is 31.0 Å². The first kappa shape index (κ1) is 13.8. The van der Waals surface area contributed by atoms with E-state index < -0.39 is 5.54 Å². The van der Waals surface area contributed by atoms with Gasteiger partial charge in [0.2, 0.25) is 5.91 Å². The monoisotopic (exact) mass is 377 g/mol. The van der Waals surface area contributed by atoms with E-state index in [-0.39, 0.29) is 41.7 Å². The Labute approximate surface area is 142 Å². The fourth-order valence-corrected chi connectivity index (χ4v) is 5.53. The van der Waals surface area contributed by atoms with E-state index in [1.807, 2.05) is 23.1 Å². The maximum atomic E-state index is 13.2. The number of benzene rings is 1. The smallest absolute Gasteiger partial charge is 0.310 e. The Morgan fingerprint density at radius 1 is 1.30 bits per heavy atom. The summed E-state index contributed by atoms with van der Waals surface area (Å²) >= 11 is 3.48. The molecule has 1 amide bonds. The third kappa shape index (κ3) is 1.40. The number of hydrogen-bond acceptors (Lipinski definition) is 4. The second kappa shape index (κ2) is 4.09. The summed E-state index contributed by atoms with van der Waals surface area (Å²) in [5.41, 5.74) is 0.357. The van der Waals surface area contributed by atoms with Crippen molar-refractivity contribution in [3.8, 4) is 5.75 Å². The van der Waals surface area contributed by atoms with Crippen LogP contribution in [0.2, 0.25) is 0 Å². The van der Waals surface area contributed by atoms with Gasteiger partial charge < -0.3 is 9.47 Å². The predicted octanol–water partition coefficient (Wildman–Crippen LogP) is 2.37. The van der Waals surface area contributed by atoms with E-state index in [0.717, 1.165) is 10.2 Å². The van der Waals surface area contributed by atoms with Crippen LogP contribution >= 0.6 is 15.9 Å². The van der Waals surface area contributed by atoms with Crippen LogP contribution in [0.4, 0.5) is 5.69 Å². The van der Waals surface area contributed by atoms with Crippen molar-refractivity contribution < 1.29 is 19.1 Å². The molecule has 0 spiro atoms. The van der Waals surface area contributed by atoms with Gasteiger partial charge in [-0.2, -0.15) is 0 Å². The van der Waals surface area contributed by atoms with Crippen molar-refractivity contribution in [2.75, 3.05) is 11.5 Å². The van der Waals surface area contributed by atoms with Crippen LogP contribution in [0.3, 0.4) is 0 Å². The average Bonchev–Trinajstić information content (AvgIpc) is 2.95. The molecule has 2 bridgehead atoms. The zero-order valence-electron chi connectivity index (χ0n) is 12.8. The van der Waals surface area contributed by atoms with Crippen LogP contribution in [0.1, 0.15) is 13.8 Å². The van der Waals surface area contributed by atoms with Crippen LogP contribution in [0.5, 0.6) is 5.75 Å². The molecule has 1 saturated carbocycles. The molecule has 4 aliphatic rings. The maximum Gasteiger partial charge on any atom is 0.310 e. The normalized spacial score (nSPS) is 42.9. The summed E-state index contributed by atoms with van der Waals surface area (Å²) in [5, 5.41) is 0. The summed E-state index contributed by atoms with van der Waals surface area (Å²) in [7, 11) is 0. The molecule has 1 aromatic carbocycles. The number of anilines is 1. The molecular formula is C17H16BrNO4. The van der Waals surface area contributed by atoms with Crippen molar-refractivity contribution in [2.45, 2.75) is 25.5 Å². The molecule has 23 heavy (non-hydrogen) atoms. The van der Waals surface area contributed by atoms with E-state index in [9.17, 15) is 9.59 Å². The molecule has 0 unspecified atom stereocenters. The lowest BCUT2D eigenvalue weighted by Crippen LogP contribution is -2.64. The van der Waals surface area contributed by atoms with Gasteiger partial charge in [-0.15, -0.1) is 0 Å². The number of nitrogens with zero attached hydrogens (tertiary/aromatic N) is 1. The third-order valence-corrected chi connectivity index (χ3v) is 6.86. The van der Waals surface area contributed by atoms with Gasteiger partial charge in [0.25, 0.3) is 0 Å². The lowest BCUT2D eigenvalue weighted by Gasteiger charge is -2.52. The Balaban J connectivity index is 1.78. The Morgan fingerprint density at radius 2 is 2.09 bits per heavy atom. The Morgan fingerprint density at radius 3 is 2.87 bits per heavy atom. The summed E-state index contributed by atoms with van der Waals surface area (Å²) in [4.78, 5) is 27.4. The van der Waals surface area contributed by atoms with Gasteiger partial charge in [-0.1, -0.05) is 22.9 Å². The standard InChI is InChI=1S/C17H16BrNO4/c1-7-12-13-9(6-22-16(13)21)14-17(7,2)19(15(12)20)10-5-8(18)3-4-11(10)23-14/h3-5,7,9,12-14H,6H2,1-2H3/t7-,9+,12-,13-,14-,17-/m1/s1. The molecule has 0 aromatic heterocycles. The SMILES string of the molecule is C[C@@H]1[C@H]2C(=O)N3c4cc(Br)ccc4O[C@H]([C@H]4COC(=O)[C@H]42)[C@@]13C. The quantitative estimate of drug-likeness (QED) is 0.651.